The molecule has 0 radical (unpaired) electrons. The number of para-hydroxylation sites is 1. The van der Waals surface area contributed by atoms with E-state index in [1.165, 1.54) is 0 Å². The van der Waals surface area contributed by atoms with Gasteiger partial charge in [0.05, 0.1) is 12.2 Å². The highest BCUT2D eigenvalue weighted by Gasteiger charge is 2.59. The van der Waals surface area contributed by atoms with Crippen LogP contribution >= 0.6 is 0 Å². The van der Waals surface area contributed by atoms with Crippen LogP contribution in [0.4, 0.5) is 18.9 Å². The van der Waals surface area contributed by atoms with Crippen LogP contribution in [0.15, 0.2) is 24.3 Å². The summed E-state index contributed by atoms with van der Waals surface area (Å²) in [4.78, 5) is 34.4. The summed E-state index contributed by atoms with van der Waals surface area (Å²) >= 11 is 0. The number of hydrogen-bond acceptors (Lipinski definition) is 3. The van der Waals surface area contributed by atoms with Crippen molar-refractivity contribution in [3.05, 3.63) is 47.0 Å². The number of carbonyl (C=O) groups excluding carboxylic acids is 2. The summed E-state index contributed by atoms with van der Waals surface area (Å²) in [6, 6.07) is 7.63. The zero-order valence-corrected chi connectivity index (χ0v) is 19.5. The van der Waals surface area contributed by atoms with Gasteiger partial charge in [-0.25, -0.2) is 4.98 Å². The van der Waals surface area contributed by atoms with E-state index in [1.807, 2.05) is 42.7 Å². The first-order chi connectivity index (χ1) is 16.1. The van der Waals surface area contributed by atoms with Crippen LogP contribution in [0.2, 0.25) is 0 Å². The maximum Gasteiger partial charge on any atom is 0.389 e. The minimum absolute atomic E-state index is 0.0138. The van der Waals surface area contributed by atoms with Gasteiger partial charge in [-0.2, -0.15) is 13.2 Å². The number of anilines is 1. The Labute approximate surface area is 196 Å². The fourth-order valence-electron chi connectivity index (χ4n) is 5.64. The predicted molar refractivity (Wildman–Crippen MR) is 120 cm³/mol. The number of aryl methyl sites for hydroxylation is 1. The summed E-state index contributed by atoms with van der Waals surface area (Å²) < 4.78 is 40.2. The third-order valence-corrected chi connectivity index (χ3v) is 7.30. The van der Waals surface area contributed by atoms with Crippen LogP contribution in [0, 0.1) is 5.92 Å². The lowest BCUT2D eigenvalue weighted by molar-refractivity contribution is -0.146. The Hall–Kier alpha value is -2.84. The normalized spacial score (nSPS) is 18.6. The molecule has 0 atom stereocenters. The molecule has 9 heteroatoms. The molecule has 0 N–H and O–H groups in total. The summed E-state index contributed by atoms with van der Waals surface area (Å²) in [6.07, 6.45) is -2.48. The summed E-state index contributed by atoms with van der Waals surface area (Å²) in [6.45, 7) is 4.86. The molecule has 3 heterocycles. The molecule has 182 valence electrons. The third kappa shape index (κ3) is 3.69. The van der Waals surface area contributed by atoms with Crippen LogP contribution in [0.3, 0.4) is 0 Å². The minimum Gasteiger partial charge on any atom is -0.339 e. The predicted octanol–water partition coefficient (Wildman–Crippen LogP) is 4.00. The molecule has 2 aromatic rings. The molecular weight excluding hydrogens is 445 g/mol. The van der Waals surface area contributed by atoms with Gasteiger partial charge < -0.3 is 14.4 Å². The van der Waals surface area contributed by atoms with E-state index in [9.17, 15) is 22.8 Å². The molecule has 0 unspecified atom stereocenters. The first-order valence-electron chi connectivity index (χ1n) is 11.9. The Kier molecular flexibility index (Phi) is 5.48. The van der Waals surface area contributed by atoms with Gasteiger partial charge in [0.2, 0.25) is 11.8 Å². The molecule has 0 bridgehead atoms. The van der Waals surface area contributed by atoms with Gasteiger partial charge in [-0.15, -0.1) is 0 Å². The van der Waals surface area contributed by atoms with Gasteiger partial charge in [0.1, 0.15) is 11.2 Å². The highest BCUT2D eigenvalue weighted by atomic mass is 19.4. The van der Waals surface area contributed by atoms with E-state index in [0.29, 0.717) is 18.9 Å². The van der Waals surface area contributed by atoms with Crippen molar-refractivity contribution in [2.24, 2.45) is 5.92 Å². The molecule has 1 aromatic heterocycles. The molecule has 3 aliphatic rings. The molecule has 2 amide bonds. The smallest absolute Gasteiger partial charge is 0.339 e. The average molecular weight is 475 g/mol. The van der Waals surface area contributed by atoms with E-state index in [-0.39, 0.29) is 37.2 Å². The topological polar surface area (TPSA) is 58.4 Å². The number of nitrogens with zero attached hydrogens (tertiary/aromatic N) is 4. The van der Waals surface area contributed by atoms with Crippen LogP contribution in [0.25, 0.3) is 0 Å². The fraction of sp³-hybridized carbons (Fsp3) is 0.560. The second-order valence-electron chi connectivity index (χ2n) is 9.98. The summed E-state index contributed by atoms with van der Waals surface area (Å²) in [7, 11) is 0. The molecule has 1 fully saturated rings. The molecular formula is C25H29F3N4O2. The zero-order valence-electron chi connectivity index (χ0n) is 19.5. The van der Waals surface area contributed by atoms with Gasteiger partial charge in [-0.1, -0.05) is 32.0 Å². The van der Waals surface area contributed by atoms with Crippen LogP contribution in [-0.4, -0.2) is 45.5 Å². The Bertz CT molecular complexity index is 1130. The summed E-state index contributed by atoms with van der Waals surface area (Å²) in [5.74, 6) is 0.478. The van der Waals surface area contributed by atoms with Crippen LogP contribution in [0.5, 0.6) is 0 Å². The molecule has 2 aliphatic heterocycles. The fourth-order valence-corrected chi connectivity index (χ4v) is 5.64. The number of imidazole rings is 1. The Morgan fingerprint density at radius 3 is 2.62 bits per heavy atom. The molecule has 34 heavy (non-hydrogen) atoms. The molecule has 1 aromatic carbocycles. The number of alkyl halides is 3. The second-order valence-corrected chi connectivity index (χ2v) is 9.98. The van der Waals surface area contributed by atoms with E-state index in [0.717, 1.165) is 41.9 Å². The minimum atomic E-state index is -4.19. The van der Waals surface area contributed by atoms with Crippen molar-refractivity contribution in [1.29, 1.82) is 0 Å². The molecule has 1 aliphatic carbocycles. The van der Waals surface area contributed by atoms with Crippen molar-refractivity contribution in [1.82, 2.24) is 14.5 Å². The largest absolute Gasteiger partial charge is 0.389 e. The van der Waals surface area contributed by atoms with Crippen molar-refractivity contribution in [2.75, 3.05) is 18.0 Å². The lowest BCUT2D eigenvalue weighted by atomic mass is 9.74. The number of hydrogen-bond donors (Lipinski definition) is 0. The van der Waals surface area contributed by atoms with Crippen molar-refractivity contribution >= 4 is 17.5 Å². The van der Waals surface area contributed by atoms with Gasteiger partial charge in [0, 0.05) is 43.4 Å². The van der Waals surface area contributed by atoms with Crippen LogP contribution in [-0.2, 0) is 40.9 Å². The Morgan fingerprint density at radius 1 is 1.18 bits per heavy atom. The SMILES string of the molecule is CC(C)C(=O)N1CC2(C1)C(=O)N(Cc1nc3c(n1CCCC(F)(F)F)CCC3)c1ccccc12. The Morgan fingerprint density at radius 2 is 1.91 bits per heavy atom. The number of likely N-dealkylation sites (tertiary alicyclic amines) is 1. The second kappa shape index (κ2) is 8.13. The molecule has 1 saturated heterocycles. The third-order valence-electron chi connectivity index (χ3n) is 7.30. The number of halogens is 3. The number of fused-ring (bicyclic) bond motifs is 3. The zero-order chi connectivity index (χ0) is 24.3. The molecule has 1 spiro atoms. The summed E-state index contributed by atoms with van der Waals surface area (Å²) in [5.41, 5.74) is 2.90. The van der Waals surface area contributed by atoms with E-state index >= 15 is 0 Å². The molecule has 6 nitrogen and oxygen atoms in total. The Balaban J connectivity index is 1.42. The van der Waals surface area contributed by atoms with Crippen molar-refractivity contribution in [3.8, 4) is 0 Å². The van der Waals surface area contributed by atoms with Gasteiger partial charge in [-0.05, 0) is 37.3 Å². The quantitative estimate of drug-likeness (QED) is 0.636. The summed E-state index contributed by atoms with van der Waals surface area (Å²) in [5, 5.41) is 0. The first kappa shape index (κ1) is 22.9. The highest BCUT2D eigenvalue weighted by molar-refractivity contribution is 6.10. The first-order valence-corrected chi connectivity index (χ1v) is 11.9. The lowest BCUT2D eigenvalue weighted by Gasteiger charge is -2.47. The van der Waals surface area contributed by atoms with E-state index < -0.39 is 18.0 Å². The van der Waals surface area contributed by atoms with E-state index in [4.69, 9.17) is 4.98 Å². The van der Waals surface area contributed by atoms with Crippen molar-refractivity contribution < 1.29 is 22.8 Å². The number of benzene rings is 1. The molecule has 5 rings (SSSR count). The average Bonchev–Trinajstić information content (AvgIpc) is 3.38. The standard InChI is InChI=1S/C25H29F3N4O2/c1-16(2)22(33)30-14-24(15-30)17-7-3-4-9-19(17)32(23(24)34)13-21-29-18-8-5-10-20(18)31(21)12-6-11-25(26,27)28/h3-4,7,9,16H,5-6,8,10-15H2,1-2H3. The van der Waals surface area contributed by atoms with Gasteiger partial charge in [0.15, 0.2) is 0 Å². The van der Waals surface area contributed by atoms with Crippen molar-refractivity contribution in [2.45, 2.75) is 70.6 Å². The van der Waals surface area contributed by atoms with E-state index in [2.05, 4.69) is 0 Å². The van der Waals surface area contributed by atoms with Crippen LogP contribution < -0.4 is 4.90 Å². The number of amides is 2. The molecule has 0 saturated carbocycles. The van der Waals surface area contributed by atoms with Gasteiger partial charge >= 0.3 is 6.18 Å². The van der Waals surface area contributed by atoms with Crippen molar-refractivity contribution in [3.63, 3.8) is 0 Å². The van der Waals surface area contributed by atoms with Gasteiger partial charge in [0.25, 0.3) is 0 Å². The number of carbonyl (C=O) groups is 2. The van der Waals surface area contributed by atoms with Gasteiger partial charge in [-0.3, -0.25) is 9.59 Å². The number of rotatable bonds is 6. The van der Waals surface area contributed by atoms with Crippen LogP contribution in [0.1, 0.15) is 55.9 Å². The maximum absolute atomic E-state index is 13.7. The lowest BCUT2D eigenvalue weighted by Crippen LogP contribution is -2.65. The monoisotopic (exact) mass is 474 g/mol. The highest BCUT2D eigenvalue weighted by Crippen LogP contribution is 2.48. The number of aromatic nitrogens is 2. The van der Waals surface area contributed by atoms with E-state index in [1.54, 1.807) is 9.80 Å². The maximum atomic E-state index is 13.7.